The zero-order chi connectivity index (χ0) is 19.2. The van der Waals surface area contributed by atoms with E-state index in [2.05, 4.69) is 10.3 Å². The molecule has 3 rings (SSSR count). The molecule has 0 unspecified atom stereocenters. The van der Waals surface area contributed by atoms with E-state index < -0.39 is 5.97 Å². The number of rotatable bonds is 8. The van der Waals surface area contributed by atoms with Crippen LogP contribution in [0.2, 0.25) is 0 Å². The van der Waals surface area contributed by atoms with E-state index in [1.54, 1.807) is 13.1 Å². The number of aromatic nitrogens is 1. The number of nitrogens with zero attached hydrogens (tertiary/aromatic N) is 1. The number of aryl methyl sites for hydroxylation is 2. The largest absolute Gasteiger partial charge is 0.478 e. The van der Waals surface area contributed by atoms with Crippen LogP contribution in [0, 0.1) is 6.92 Å². The Morgan fingerprint density at radius 1 is 1.19 bits per heavy atom. The fraction of sp³-hybridized carbons (Fsp3) is 0.250. The Balaban J connectivity index is 1.43. The van der Waals surface area contributed by atoms with Gasteiger partial charge in [-0.3, -0.25) is 4.79 Å². The van der Waals surface area contributed by atoms with Gasteiger partial charge in [0.15, 0.2) is 11.7 Å². The minimum atomic E-state index is -1.05. The maximum absolute atomic E-state index is 11.9. The quantitative estimate of drug-likeness (QED) is 0.629. The number of benzene rings is 1. The van der Waals surface area contributed by atoms with Crippen molar-refractivity contribution in [1.29, 1.82) is 0 Å². The van der Waals surface area contributed by atoms with Crippen LogP contribution >= 0.6 is 0 Å². The standard InChI is InChI=1S/C20H20N2O5/c1-13-16(20(24)25)10-15(26-13)11-21-18(23)8-5-9-19-22-12-17(27-19)14-6-3-2-4-7-14/h2-4,6-7,10,12H,5,8-9,11H2,1H3,(H,21,23)(H,24,25). The molecule has 0 bridgehead atoms. The Morgan fingerprint density at radius 3 is 2.67 bits per heavy atom. The number of carboxylic acids is 1. The highest BCUT2D eigenvalue weighted by molar-refractivity contribution is 5.88. The average Bonchev–Trinajstić information content (AvgIpc) is 3.27. The molecule has 2 N–H and O–H groups in total. The summed E-state index contributed by atoms with van der Waals surface area (Å²) in [6.07, 6.45) is 3.15. The number of oxazole rings is 1. The molecule has 0 spiro atoms. The summed E-state index contributed by atoms with van der Waals surface area (Å²) in [5.74, 6) is 0.848. The monoisotopic (exact) mass is 368 g/mol. The second-order valence-electron chi connectivity index (χ2n) is 6.10. The van der Waals surface area contributed by atoms with Crippen LogP contribution in [0.4, 0.5) is 0 Å². The normalized spacial score (nSPS) is 10.7. The van der Waals surface area contributed by atoms with Crippen LogP contribution in [0.5, 0.6) is 0 Å². The summed E-state index contributed by atoms with van der Waals surface area (Å²) in [5.41, 5.74) is 1.07. The zero-order valence-electron chi connectivity index (χ0n) is 14.9. The lowest BCUT2D eigenvalue weighted by atomic mass is 10.2. The fourth-order valence-electron chi connectivity index (χ4n) is 2.68. The molecule has 0 aliphatic carbocycles. The molecule has 27 heavy (non-hydrogen) atoms. The van der Waals surface area contributed by atoms with Crippen LogP contribution in [0.1, 0.15) is 40.6 Å². The molecular weight excluding hydrogens is 348 g/mol. The molecule has 7 nitrogen and oxygen atoms in total. The van der Waals surface area contributed by atoms with E-state index in [4.69, 9.17) is 13.9 Å². The van der Waals surface area contributed by atoms with E-state index in [1.165, 1.54) is 6.07 Å². The number of hydrogen-bond acceptors (Lipinski definition) is 5. The summed E-state index contributed by atoms with van der Waals surface area (Å²) in [6.45, 7) is 1.74. The highest BCUT2D eigenvalue weighted by Crippen LogP contribution is 2.20. The molecule has 7 heteroatoms. The van der Waals surface area contributed by atoms with Gasteiger partial charge < -0.3 is 19.3 Å². The molecule has 0 saturated heterocycles. The topological polar surface area (TPSA) is 106 Å². The van der Waals surface area contributed by atoms with E-state index in [0.717, 1.165) is 5.56 Å². The van der Waals surface area contributed by atoms with E-state index in [9.17, 15) is 9.59 Å². The predicted molar refractivity (Wildman–Crippen MR) is 97.1 cm³/mol. The van der Waals surface area contributed by atoms with Crippen molar-refractivity contribution >= 4 is 11.9 Å². The van der Waals surface area contributed by atoms with Gasteiger partial charge in [0.2, 0.25) is 5.91 Å². The minimum Gasteiger partial charge on any atom is -0.478 e. The minimum absolute atomic E-state index is 0.109. The van der Waals surface area contributed by atoms with Gasteiger partial charge in [-0.05, 0) is 19.4 Å². The smallest absolute Gasteiger partial charge is 0.339 e. The first kappa shape index (κ1) is 18.4. The predicted octanol–water partition coefficient (Wildman–Crippen LogP) is 3.58. The van der Waals surface area contributed by atoms with Crippen molar-refractivity contribution in [3.63, 3.8) is 0 Å². The molecule has 2 aromatic heterocycles. The molecule has 0 aliphatic rings. The van der Waals surface area contributed by atoms with E-state index >= 15 is 0 Å². The van der Waals surface area contributed by atoms with Crippen molar-refractivity contribution in [2.45, 2.75) is 32.7 Å². The van der Waals surface area contributed by atoms with Gasteiger partial charge in [-0.15, -0.1) is 0 Å². The van der Waals surface area contributed by atoms with Gasteiger partial charge in [0.05, 0.1) is 12.7 Å². The van der Waals surface area contributed by atoms with Crippen molar-refractivity contribution in [2.75, 3.05) is 0 Å². The first-order valence-electron chi connectivity index (χ1n) is 8.62. The third kappa shape index (κ3) is 4.84. The maximum atomic E-state index is 11.9. The SMILES string of the molecule is Cc1oc(CNC(=O)CCCc2ncc(-c3ccccc3)o2)cc1C(=O)O. The first-order valence-corrected chi connectivity index (χ1v) is 8.62. The molecule has 2 heterocycles. The highest BCUT2D eigenvalue weighted by atomic mass is 16.4. The molecule has 0 atom stereocenters. The second-order valence-corrected chi connectivity index (χ2v) is 6.10. The van der Waals surface area contributed by atoms with Crippen molar-refractivity contribution in [2.24, 2.45) is 0 Å². The van der Waals surface area contributed by atoms with Crippen molar-refractivity contribution in [1.82, 2.24) is 10.3 Å². The van der Waals surface area contributed by atoms with Crippen LogP contribution in [-0.2, 0) is 17.8 Å². The summed E-state index contributed by atoms with van der Waals surface area (Å²) in [7, 11) is 0. The van der Waals surface area contributed by atoms with Gasteiger partial charge in [0.1, 0.15) is 17.1 Å². The summed E-state index contributed by atoms with van der Waals surface area (Å²) >= 11 is 0. The van der Waals surface area contributed by atoms with Crippen LogP contribution in [0.25, 0.3) is 11.3 Å². The molecule has 0 fully saturated rings. The van der Waals surface area contributed by atoms with Crippen molar-refractivity contribution < 1.29 is 23.5 Å². The number of carboxylic acid groups (broad SMARTS) is 1. The number of furan rings is 1. The lowest BCUT2D eigenvalue weighted by Crippen LogP contribution is -2.22. The Hall–Kier alpha value is -3.35. The lowest BCUT2D eigenvalue weighted by Gasteiger charge is -2.02. The molecule has 1 aromatic carbocycles. The van der Waals surface area contributed by atoms with Gasteiger partial charge in [-0.1, -0.05) is 30.3 Å². The fourth-order valence-corrected chi connectivity index (χ4v) is 2.68. The van der Waals surface area contributed by atoms with E-state index in [1.807, 2.05) is 30.3 Å². The molecule has 140 valence electrons. The second kappa shape index (κ2) is 8.35. The summed E-state index contributed by atoms with van der Waals surface area (Å²) in [5, 5.41) is 11.7. The molecule has 0 saturated carbocycles. The number of nitrogens with one attached hydrogen (secondary N) is 1. The van der Waals surface area contributed by atoms with Gasteiger partial charge in [-0.25, -0.2) is 9.78 Å². The van der Waals surface area contributed by atoms with Crippen molar-refractivity contribution in [3.8, 4) is 11.3 Å². The molecule has 3 aromatic rings. The summed E-state index contributed by atoms with van der Waals surface area (Å²) in [6, 6.07) is 11.1. The number of amides is 1. The summed E-state index contributed by atoms with van der Waals surface area (Å²) in [4.78, 5) is 27.2. The van der Waals surface area contributed by atoms with Crippen LogP contribution in [-0.4, -0.2) is 22.0 Å². The average molecular weight is 368 g/mol. The van der Waals surface area contributed by atoms with Crippen LogP contribution in [0.3, 0.4) is 0 Å². The third-order valence-electron chi connectivity index (χ3n) is 4.07. The summed E-state index contributed by atoms with van der Waals surface area (Å²) < 4.78 is 11.0. The zero-order valence-corrected chi connectivity index (χ0v) is 14.9. The van der Waals surface area contributed by atoms with Gasteiger partial charge in [0.25, 0.3) is 0 Å². The van der Waals surface area contributed by atoms with Gasteiger partial charge >= 0.3 is 5.97 Å². The highest BCUT2D eigenvalue weighted by Gasteiger charge is 2.14. The van der Waals surface area contributed by atoms with Crippen LogP contribution < -0.4 is 5.32 Å². The number of carbonyl (C=O) groups is 2. The number of aromatic carboxylic acids is 1. The Kier molecular flexibility index (Phi) is 5.71. The van der Waals surface area contributed by atoms with E-state index in [0.29, 0.717) is 42.4 Å². The maximum Gasteiger partial charge on any atom is 0.339 e. The Bertz CT molecular complexity index is 927. The first-order chi connectivity index (χ1) is 13.0. The third-order valence-corrected chi connectivity index (χ3v) is 4.07. The van der Waals surface area contributed by atoms with Crippen LogP contribution in [0.15, 0.2) is 51.4 Å². The molecule has 0 radical (unpaired) electrons. The van der Waals surface area contributed by atoms with Crippen molar-refractivity contribution in [3.05, 3.63) is 65.6 Å². The van der Waals surface area contributed by atoms with Gasteiger partial charge in [0, 0.05) is 18.4 Å². The Labute approximate surface area is 156 Å². The van der Waals surface area contributed by atoms with E-state index in [-0.39, 0.29) is 18.0 Å². The molecule has 0 aliphatic heterocycles. The lowest BCUT2D eigenvalue weighted by molar-refractivity contribution is -0.121. The van der Waals surface area contributed by atoms with Gasteiger partial charge in [-0.2, -0.15) is 0 Å². The molecule has 1 amide bonds. The number of hydrogen-bond donors (Lipinski definition) is 2. The molecular formula is C20H20N2O5. The Morgan fingerprint density at radius 2 is 1.96 bits per heavy atom. The number of carbonyl (C=O) groups excluding carboxylic acids is 1.